The molecule has 0 aliphatic heterocycles. The summed E-state index contributed by atoms with van der Waals surface area (Å²) in [7, 11) is 0. The Balaban J connectivity index is 2.07. The standard InChI is InChI=1S/C16H24N4/c1-14(2)20-16(8-10-18-20)13-19(11-9-17)12-15-6-4-3-5-7-15/h3-8,10,14H,9,11-13,17H2,1-2H3. The smallest absolute Gasteiger partial charge is 0.0527 e. The second kappa shape index (κ2) is 7.22. The van der Waals surface area contributed by atoms with Gasteiger partial charge in [-0.15, -0.1) is 0 Å². The van der Waals surface area contributed by atoms with Crippen LogP contribution in [-0.4, -0.2) is 27.8 Å². The molecule has 0 radical (unpaired) electrons. The van der Waals surface area contributed by atoms with Gasteiger partial charge in [-0.3, -0.25) is 9.58 Å². The molecule has 108 valence electrons. The summed E-state index contributed by atoms with van der Waals surface area (Å²) in [6.45, 7) is 7.66. The van der Waals surface area contributed by atoms with E-state index < -0.39 is 0 Å². The average Bonchev–Trinajstić information content (AvgIpc) is 2.88. The fourth-order valence-electron chi connectivity index (χ4n) is 2.40. The van der Waals surface area contributed by atoms with Gasteiger partial charge in [0.1, 0.15) is 0 Å². The monoisotopic (exact) mass is 272 g/mol. The number of rotatable bonds is 7. The fraction of sp³-hybridized carbons (Fsp3) is 0.438. The van der Waals surface area contributed by atoms with Gasteiger partial charge in [0.05, 0.1) is 5.69 Å². The SMILES string of the molecule is CC(C)n1nccc1CN(CCN)Cc1ccccc1. The van der Waals surface area contributed by atoms with E-state index in [2.05, 4.69) is 58.9 Å². The summed E-state index contributed by atoms with van der Waals surface area (Å²) in [5.41, 5.74) is 8.30. The van der Waals surface area contributed by atoms with Crippen LogP contribution in [0, 0.1) is 0 Å². The Bertz CT molecular complexity index is 504. The van der Waals surface area contributed by atoms with Crippen molar-refractivity contribution in [1.82, 2.24) is 14.7 Å². The van der Waals surface area contributed by atoms with Crippen molar-refractivity contribution >= 4 is 0 Å². The molecule has 0 spiro atoms. The van der Waals surface area contributed by atoms with E-state index in [-0.39, 0.29) is 0 Å². The van der Waals surface area contributed by atoms with E-state index in [1.165, 1.54) is 11.3 Å². The van der Waals surface area contributed by atoms with Crippen LogP contribution in [0.1, 0.15) is 31.1 Å². The molecule has 0 saturated heterocycles. The Morgan fingerprint density at radius 2 is 1.90 bits per heavy atom. The highest BCUT2D eigenvalue weighted by molar-refractivity contribution is 5.14. The van der Waals surface area contributed by atoms with Crippen molar-refractivity contribution in [1.29, 1.82) is 0 Å². The van der Waals surface area contributed by atoms with E-state index in [9.17, 15) is 0 Å². The van der Waals surface area contributed by atoms with E-state index >= 15 is 0 Å². The first-order valence-corrected chi connectivity index (χ1v) is 7.19. The third-order valence-corrected chi connectivity index (χ3v) is 3.32. The Labute approximate surface area is 121 Å². The van der Waals surface area contributed by atoms with Crippen LogP contribution in [0.4, 0.5) is 0 Å². The van der Waals surface area contributed by atoms with Crippen LogP contribution in [0.2, 0.25) is 0 Å². The molecule has 2 rings (SSSR count). The number of benzene rings is 1. The molecule has 4 heteroatoms. The van der Waals surface area contributed by atoms with Crippen molar-refractivity contribution in [3.05, 3.63) is 53.9 Å². The molecule has 0 bridgehead atoms. The quantitative estimate of drug-likeness (QED) is 0.842. The Hall–Kier alpha value is -1.65. The minimum atomic E-state index is 0.386. The highest BCUT2D eigenvalue weighted by atomic mass is 15.3. The number of aromatic nitrogens is 2. The molecule has 0 amide bonds. The molecule has 20 heavy (non-hydrogen) atoms. The summed E-state index contributed by atoms with van der Waals surface area (Å²) in [6, 6.07) is 13.0. The fourth-order valence-corrected chi connectivity index (χ4v) is 2.40. The molecular weight excluding hydrogens is 248 g/mol. The van der Waals surface area contributed by atoms with Crippen LogP contribution in [0.15, 0.2) is 42.6 Å². The minimum absolute atomic E-state index is 0.386. The van der Waals surface area contributed by atoms with Crippen molar-refractivity contribution < 1.29 is 0 Å². The number of nitrogens with two attached hydrogens (primary N) is 1. The third-order valence-electron chi connectivity index (χ3n) is 3.32. The van der Waals surface area contributed by atoms with E-state index in [0.29, 0.717) is 12.6 Å². The Kier molecular flexibility index (Phi) is 5.32. The van der Waals surface area contributed by atoms with E-state index in [4.69, 9.17) is 5.73 Å². The summed E-state index contributed by atoms with van der Waals surface area (Å²) in [5.74, 6) is 0. The lowest BCUT2D eigenvalue weighted by atomic mass is 10.2. The molecule has 0 saturated carbocycles. The lowest BCUT2D eigenvalue weighted by molar-refractivity contribution is 0.253. The molecule has 1 heterocycles. The Morgan fingerprint density at radius 3 is 2.55 bits per heavy atom. The van der Waals surface area contributed by atoms with Crippen LogP contribution in [0.25, 0.3) is 0 Å². The lowest BCUT2D eigenvalue weighted by Crippen LogP contribution is -2.30. The number of hydrogen-bond acceptors (Lipinski definition) is 3. The third kappa shape index (κ3) is 3.92. The molecule has 0 aliphatic rings. The van der Waals surface area contributed by atoms with Crippen LogP contribution in [-0.2, 0) is 13.1 Å². The molecule has 0 fully saturated rings. The molecule has 2 aromatic rings. The molecule has 2 N–H and O–H groups in total. The summed E-state index contributed by atoms with van der Waals surface area (Å²) >= 11 is 0. The predicted molar refractivity (Wildman–Crippen MR) is 82.2 cm³/mol. The zero-order valence-electron chi connectivity index (χ0n) is 12.4. The van der Waals surface area contributed by atoms with Gasteiger partial charge in [0.15, 0.2) is 0 Å². The molecule has 4 nitrogen and oxygen atoms in total. The first-order chi connectivity index (χ1) is 9.70. The molecule has 1 aromatic carbocycles. The molecule has 1 aromatic heterocycles. The van der Waals surface area contributed by atoms with Gasteiger partial charge in [-0.25, -0.2) is 0 Å². The van der Waals surface area contributed by atoms with Crippen LogP contribution in [0.5, 0.6) is 0 Å². The van der Waals surface area contributed by atoms with Crippen molar-refractivity contribution in [3.63, 3.8) is 0 Å². The van der Waals surface area contributed by atoms with Crippen molar-refractivity contribution in [2.75, 3.05) is 13.1 Å². The van der Waals surface area contributed by atoms with Gasteiger partial charge in [0.25, 0.3) is 0 Å². The van der Waals surface area contributed by atoms with Gasteiger partial charge >= 0.3 is 0 Å². The normalized spacial score (nSPS) is 11.4. The van der Waals surface area contributed by atoms with Crippen molar-refractivity contribution in [2.24, 2.45) is 5.73 Å². The zero-order valence-corrected chi connectivity index (χ0v) is 12.4. The van der Waals surface area contributed by atoms with Gasteiger partial charge in [0, 0.05) is 38.4 Å². The first-order valence-electron chi connectivity index (χ1n) is 7.19. The Morgan fingerprint density at radius 1 is 1.15 bits per heavy atom. The average molecular weight is 272 g/mol. The summed E-state index contributed by atoms with van der Waals surface area (Å²) < 4.78 is 2.08. The summed E-state index contributed by atoms with van der Waals surface area (Å²) in [5, 5.41) is 4.39. The second-order valence-corrected chi connectivity index (χ2v) is 5.35. The summed E-state index contributed by atoms with van der Waals surface area (Å²) in [4.78, 5) is 2.37. The largest absolute Gasteiger partial charge is 0.329 e. The van der Waals surface area contributed by atoms with Crippen LogP contribution in [0.3, 0.4) is 0 Å². The maximum absolute atomic E-state index is 5.75. The topological polar surface area (TPSA) is 47.1 Å². The zero-order chi connectivity index (χ0) is 14.4. The molecule has 0 atom stereocenters. The molecular formula is C16H24N4. The highest BCUT2D eigenvalue weighted by Gasteiger charge is 2.11. The van der Waals surface area contributed by atoms with E-state index in [1.807, 2.05) is 12.3 Å². The molecule has 0 aliphatic carbocycles. The van der Waals surface area contributed by atoms with Crippen LogP contribution < -0.4 is 5.73 Å². The number of hydrogen-bond donors (Lipinski definition) is 1. The maximum Gasteiger partial charge on any atom is 0.0527 e. The van der Waals surface area contributed by atoms with E-state index in [0.717, 1.165) is 19.6 Å². The van der Waals surface area contributed by atoms with Crippen molar-refractivity contribution in [2.45, 2.75) is 33.0 Å². The van der Waals surface area contributed by atoms with Gasteiger partial charge in [0.2, 0.25) is 0 Å². The minimum Gasteiger partial charge on any atom is -0.329 e. The number of nitrogens with zero attached hydrogens (tertiary/aromatic N) is 3. The first kappa shape index (κ1) is 14.8. The second-order valence-electron chi connectivity index (χ2n) is 5.35. The van der Waals surface area contributed by atoms with E-state index in [1.54, 1.807) is 0 Å². The van der Waals surface area contributed by atoms with Crippen molar-refractivity contribution in [3.8, 4) is 0 Å². The maximum atomic E-state index is 5.75. The predicted octanol–water partition coefficient (Wildman–Crippen LogP) is 2.42. The van der Waals surface area contributed by atoms with Gasteiger partial charge in [-0.05, 0) is 25.5 Å². The lowest BCUT2D eigenvalue weighted by Gasteiger charge is -2.23. The van der Waals surface area contributed by atoms with Gasteiger partial charge in [-0.1, -0.05) is 30.3 Å². The van der Waals surface area contributed by atoms with Crippen LogP contribution >= 0.6 is 0 Å². The van der Waals surface area contributed by atoms with Gasteiger partial charge < -0.3 is 5.73 Å². The highest BCUT2D eigenvalue weighted by Crippen LogP contribution is 2.13. The summed E-state index contributed by atoms with van der Waals surface area (Å²) in [6.07, 6.45) is 1.87. The molecule has 0 unspecified atom stereocenters. The van der Waals surface area contributed by atoms with Gasteiger partial charge in [-0.2, -0.15) is 5.10 Å².